The summed E-state index contributed by atoms with van der Waals surface area (Å²) in [7, 11) is 1.65. The highest BCUT2D eigenvalue weighted by atomic mass is 16.5. The molecular formula is C26H27N3O2. The van der Waals surface area contributed by atoms with Crippen LogP contribution >= 0.6 is 0 Å². The third-order valence-corrected chi connectivity index (χ3v) is 5.63. The summed E-state index contributed by atoms with van der Waals surface area (Å²) in [5.74, 6) is 0.747. The maximum absolute atomic E-state index is 13.2. The molecule has 1 heterocycles. The SMILES string of the molecule is COc1ccc([C@H]2CC(c3ccccc3)=NN2C(=O)CN[C@H](C)c2ccccc2)cc1. The molecule has 3 aromatic carbocycles. The molecule has 1 N–H and O–H groups in total. The van der Waals surface area contributed by atoms with Gasteiger partial charge in [0.2, 0.25) is 0 Å². The first kappa shape index (κ1) is 20.8. The number of hydrogen-bond donors (Lipinski definition) is 1. The van der Waals surface area contributed by atoms with Crippen LogP contribution in [0.3, 0.4) is 0 Å². The lowest BCUT2D eigenvalue weighted by Crippen LogP contribution is -2.36. The van der Waals surface area contributed by atoms with E-state index in [1.54, 1.807) is 12.1 Å². The summed E-state index contributed by atoms with van der Waals surface area (Å²) in [5, 5.41) is 9.71. The largest absolute Gasteiger partial charge is 0.497 e. The summed E-state index contributed by atoms with van der Waals surface area (Å²) in [6.45, 7) is 2.28. The second kappa shape index (κ2) is 9.58. The van der Waals surface area contributed by atoms with Gasteiger partial charge in [0.15, 0.2) is 0 Å². The van der Waals surface area contributed by atoms with Gasteiger partial charge in [-0.3, -0.25) is 4.79 Å². The van der Waals surface area contributed by atoms with E-state index >= 15 is 0 Å². The molecule has 0 spiro atoms. The number of methoxy groups -OCH3 is 1. The third kappa shape index (κ3) is 4.84. The Bertz CT molecular complexity index is 1030. The maximum Gasteiger partial charge on any atom is 0.257 e. The van der Waals surface area contributed by atoms with Gasteiger partial charge in [0.25, 0.3) is 5.91 Å². The first-order chi connectivity index (χ1) is 15.2. The molecule has 1 amide bonds. The fourth-order valence-electron chi connectivity index (χ4n) is 3.81. The fourth-order valence-corrected chi connectivity index (χ4v) is 3.81. The minimum Gasteiger partial charge on any atom is -0.497 e. The molecule has 1 aliphatic heterocycles. The van der Waals surface area contributed by atoms with Crippen LogP contribution in [0, 0.1) is 0 Å². The molecule has 0 saturated heterocycles. The van der Waals surface area contributed by atoms with Gasteiger partial charge in [0, 0.05) is 12.5 Å². The minimum atomic E-state index is -0.137. The summed E-state index contributed by atoms with van der Waals surface area (Å²) in [4.78, 5) is 13.2. The third-order valence-electron chi connectivity index (χ3n) is 5.63. The van der Waals surface area contributed by atoms with E-state index < -0.39 is 0 Å². The number of nitrogens with one attached hydrogen (secondary N) is 1. The van der Waals surface area contributed by atoms with Gasteiger partial charge in [-0.2, -0.15) is 5.10 Å². The number of hydrogen-bond acceptors (Lipinski definition) is 4. The van der Waals surface area contributed by atoms with Crippen molar-refractivity contribution in [1.82, 2.24) is 10.3 Å². The molecule has 3 aromatic rings. The number of ether oxygens (including phenoxy) is 1. The Kier molecular flexibility index (Phi) is 6.43. The number of nitrogens with zero attached hydrogens (tertiary/aromatic N) is 2. The van der Waals surface area contributed by atoms with E-state index in [0.717, 1.165) is 28.2 Å². The van der Waals surface area contributed by atoms with Crippen molar-refractivity contribution in [3.63, 3.8) is 0 Å². The van der Waals surface area contributed by atoms with Crippen LogP contribution in [0.25, 0.3) is 0 Å². The van der Waals surface area contributed by atoms with Crippen LogP contribution in [0.4, 0.5) is 0 Å². The van der Waals surface area contributed by atoms with Gasteiger partial charge in [0.1, 0.15) is 5.75 Å². The zero-order valence-corrected chi connectivity index (χ0v) is 17.9. The van der Waals surface area contributed by atoms with Crippen LogP contribution in [0.15, 0.2) is 90.0 Å². The Morgan fingerprint density at radius 3 is 2.32 bits per heavy atom. The van der Waals surface area contributed by atoms with E-state index in [2.05, 4.69) is 24.4 Å². The van der Waals surface area contributed by atoms with Crippen molar-refractivity contribution in [2.45, 2.75) is 25.4 Å². The number of carbonyl (C=O) groups is 1. The predicted octanol–water partition coefficient (Wildman–Crippen LogP) is 4.72. The second-order valence-electron chi connectivity index (χ2n) is 7.66. The summed E-state index contributed by atoms with van der Waals surface area (Å²) in [6.07, 6.45) is 0.677. The van der Waals surface area contributed by atoms with E-state index in [1.807, 2.05) is 72.8 Å². The molecule has 0 unspecified atom stereocenters. The number of rotatable bonds is 7. The quantitative estimate of drug-likeness (QED) is 0.610. The van der Waals surface area contributed by atoms with Gasteiger partial charge in [-0.1, -0.05) is 72.8 Å². The number of carbonyl (C=O) groups excluding carboxylic acids is 1. The molecule has 0 fully saturated rings. The van der Waals surface area contributed by atoms with Crippen molar-refractivity contribution in [1.29, 1.82) is 0 Å². The van der Waals surface area contributed by atoms with Gasteiger partial charge in [-0.05, 0) is 35.7 Å². The lowest BCUT2D eigenvalue weighted by atomic mass is 9.98. The minimum absolute atomic E-state index is 0.0467. The molecule has 4 rings (SSSR count). The lowest BCUT2D eigenvalue weighted by molar-refractivity contribution is -0.132. The van der Waals surface area contributed by atoms with Crippen LogP contribution in [-0.2, 0) is 4.79 Å². The normalized spacial score (nSPS) is 16.6. The highest BCUT2D eigenvalue weighted by Crippen LogP contribution is 2.33. The van der Waals surface area contributed by atoms with Crippen LogP contribution in [0.2, 0.25) is 0 Å². The highest BCUT2D eigenvalue weighted by Gasteiger charge is 2.33. The van der Waals surface area contributed by atoms with Gasteiger partial charge in [-0.15, -0.1) is 0 Å². The molecule has 5 nitrogen and oxygen atoms in total. The highest BCUT2D eigenvalue weighted by molar-refractivity contribution is 6.03. The molecule has 0 aliphatic carbocycles. The number of benzene rings is 3. The Labute approximate surface area is 183 Å². The summed E-state index contributed by atoms with van der Waals surface area (Å²) < 4.78 is 5.28. The van der Waals surface area contributed by atoms with Crippen molar-refractivity contribution < 1.29 is 9.53 Å². The second-order valence-corrected chi connectivity index (χ2v) is 7.66. The van der Waals surface area contributed by atoms with E-state index in [-0.39, 0.29) is 24.5 Å². The van der Waals surface area contributed by atoms with Crippen molar-refractivity contribution in [3.05, 3.63) is 102 Å². The van der Waals surface area contributed by atoms with Gasteiger partial charge in [0.05, 0.1) is 25.4 Å². The van der Waals surface area contributed by atoms with Gasteiger partial charge >= 0.3 is 0 Å². The molecule has 0 radical (unpaired) electrons. The molecule has 0 saturated carbocycles. The van der Waals surface area contributed by atoms with Crippen LogP contribution in [0.5, 0.6) is 5.75 Å². The molecule has 5 heteroatoms. The van der Waals surface area contributed by atoms with E-state index in [1.165, 1.54) is 0 Å². The average Bonchev–Trinajstić information content (AvgIpc) is 3.29. The van der Waals surface area contributed by atoms with Crippen molar-refractivity contribution >= 4 is 11.6 Å². The standard InChI is InChI=1S/C26H27N3O2/c1-19(20-9-5-3-6-10-20)27-18-26(30)29-25(22-13-15-23(31-2)16-14-22)17-24(28-29)21-11-7-4-8-12-21/h3-16,19,25,27H,17-18H2,1-2H3/t19-,25-/m1/s1. The predicted molar refractivity (Wildman–Crippen MR) is 123 cm³/mol. The zero-order valence-electron chi connectivity index (χ0n) is 17.9. The van der Waals surface area contributed by atoms with Gasteiger partial charge < -0.3 is 10.1 Å². The van der Waals surface area contributed by atoms with Crippen molar-refractivity contribution in [2.24, 2.45) is 5.10 Å². The van der Waals surface area contributed by atoms with E-state index in [0.29, 0.717) is 6.42 Å². The van der Waals surface area contributed by atoms with Crippen molar-refractivity contribution in [2.75, 3.05) is 13.7 Å². The lowest BCUT2D eigenvalue weighted by Gasteiger charge is -2.23. The zero-order chi connectivity index (χ0) is 21.6. The Balaban J connectivity index is 1.54. The van der Waals surface area contributed by atoms with E-state index in [4.69, 9.17) is 9.84 Å². The van der Waals surface area contributed by atoms with E-state index in [9.17, 15) is 4.79 Å². The Morgan fingerprint density at radius 1 is 1.03 bits per heavy atom. The van der Waals surface area contributed by atoms with Crippen molar-refractivity contribution in [3.8, 4) is 5.75 Å². The number of hydrazone groups is 1. The smallest absolute Gasteiger partial charge is 0.257 e. The molecule has 158 valence electrons. The number of amides is 1. The maximum atomic E-state index is 13.2. The average molecular weight is 414 g/mol. The Hall–Kier alpha value is -3.44. The molecule has 31 heavy (non-hydrogen) atoms. The molecule has 0 bridgehead atoms. The molecule has 2 atom stereocenters. The first-order valence-corrected chi connectivity index (χ1v) is 10.5. The first-order valence-electron chi connectivity index (χ1n) is 10.5. The summed E-state index contributed by atoms with van der Waals surface area (Å²) in [6, 6.07) is 28.0. The van der Waals surface area contributed by atoms with Crippen LogP contribution in [-0.4, -0.2) is 30.3 Å². The molecule has 1 aliphatic rings. The van der Waals surface area contributed by atoms with Crippen LogP contribution < -0.4 is 10.1 Å². The fraction of sp³-hybridized carbons (Fsp3) is 0.231. The summed E-state index contributed by atoms with van der Waals surface area (Å²) in [5.41, 5.74) is 4.16. The monoisotopic (exact) mass is 413 g/mol. The van der Waals surface area contributed by atoms with Gasteiger partial charge in [-0.25, -0.2) is 5.01 Å². The van der Waals surface area contributed by atoms with Crippen LogP contribution in [0.1, 0.15) is 42.1 Å². The topological polar surface area (TPSA) is 53.9 Å². The molecule has 0 aromatic heterocycles. The Morgan fingerprint density at radius 2 is 1.68 bits per heavy atom. The molecular weight excluding hydrogens is 386 g/mol. The summed E-state index contributed by atoms with van der Waals surface area (Å²) >= 11 is 0.